The number of aliphatic hydroxyl groups is 2. The molecule has 2 aliphatic rings. The van der Waals surface area contributed by atoms with E-state index in [0.717, 1.165) is 5.17 Å². The first-order chi connectivity index (χ1) is 14.0. The lowest BCUT2D eigenvalue weighted by molar-refractivity contribution is -0.160. The van der Waals surface area contributed by atoms with Gasteiger partial charge in [0.2, 0.25) is 0 Å². The molecule has 4 rings (SSSR count). The molecule has 0 radical (unpaired) electrons. The van der Waals surface area contributed by atoms with Crippen molar-refractivity contribution in [3.05, 3.63) is 41.2 Å². The minimum Gasteiger partial charge on any atom is -0.487 e. The number of aliphatic hydroxyl groups excluding tert-OH is 2. The average molecular weight is 440 g/mol. The van der Waals surface area contributed by atoms with Gasteiger partial charge in [0.25, 0.3) is 0 Å². The topological polar surface area (TPSA) is 114 Å². The first-order valence-electron chi connectivity index (χ1n) is 9.30. The number of nitrogens with zero attached hydrogens (tertiary/aromatic N) is 4. The van der Waals surface area contributed by atoms with Gasteiger partial charge in [0.1, 0.15) is 41.8 Å². The van der Waals surface area contributed by atoms with Crippen LogP contribution in [0.15, 0.2) is 35.5 Å². The quantitative estimate of drug-likeness (QED) is 0.611. The summed E-state index contributed by atoms with van der Waals surface area (Å²) in [5, 5.41) is 33.6. The third-order valence-electron chi connectivity index (χ3n) is 4.66. The molecule has 3 N–H and O–H groups in total. The summed E-state index contributed by atoms with van der Waals surface area (Å²) in [6.07, 6.45) is -0.918. The Hall–Kier alpha value is -1.85. The molecule has 1 aromatic heterocycles. The van der Waals surface area contributed by atoms with Crippen LogP contribution >= 0.6 is 23.4 Å². The van der Waals surface area contributed by atoms with Crippen molar-refractivity contribution in [1.82, 2.24) is 20.3 Å². The summed E-state index contributed by atoms with van der Waals surface area (Å²) >= 11 is 7.37. The second-order valence-electron chi connectivity index (χ2n) is 6.77. The normalized spacial score (nSPS) is 30.2. The highest BCUT2D eigenvalue weighted by Crippen LogP contribution is 2.34. The fourth-order valence-corrected chi connectivity index (χ4v) is 4.62. The third kappa shape index (κ3) is 4.67. The van der Waals surface area contributed by atoms with E-state index in [2.05, 4.69) is 20.6 Å². The first-order valence-corrected chi connectivity index (χ1v) is 10.6. The summed E-state index contributed by atoms with van der Waals surface area (Å²) in [5.41, 5.74) is 0.306. The predicted molar refractivity (Wildman–Crippen MR) is 109 cm³/mol. The van der Waals surface area contributed by atoms with Crippen molar-refractivity contribution >= 4 is 28.5 Å². The van der Waals surface area contributed by atoms with E-state index in [1.807, 2.05) is 13.0 Å². The number of halogens is 1. The van der Waals surface area contributed by atoms with Crippen LogP contribution in [0.4, 0.5) is 0 Å². The monoisotopic (exact) mass is 439 g/mol. The number of hydrogen-bond donors (Lipinski definition) is 3. The van der Waals surface area contributed by atoms with Gasteiger partial charge in [0.15, 0.2) is 5.17 Å². The molecule has 29 heavy (non-hydrogen) atoms. The molecule has 1 aromatic carbocycles. The number of aliphatic imine (C=N–C) groups is 1. The summed E-state index contributed by atoms with van der Waals surface area (Å²) in [5.74, 6) is 0.641. The first kappa shape index (κ1) is 20.4. The van der Waals surface area contributed by atoms with Crippen LogP contribution in [0.1, 0.15) is 12.6 Å². The standard InChI is InChI=1S/C18H22ClN5O4S/c1-2-20-18-21-14-16(26)15(25)13(28-17(14)29-18)8-24-7-11(22-23-24)9-27-12-5-3-4-10(19)6-12/h3-7,13-17,25-26H,2,8-9H2,1H3,(H,20,21). The van der Waals surface area contributed by atoms with Crippen molar-refractivity contribution in [1.29, 1.82) is 0 Å². The lowest BCUT2D eigenvalue weighted by Crippen LogP contribution is -2.59. The SMILES string of the molecule is CCN=C1NC2C(OC(Cn3cc(COc4cccc(Cl)c4)nn3)C(O)C2O)S1. The number of aromatic nitrogens is 3. The van der Waals surface area contributed by atoms with E-state index >= 15 is 0 Å². The van der Waals surface area contributed by atoms with Gasteiger partial charge in [0.05, 0.1) is 18.8 Å². The second-order valence-corrected chi connectivity index (χ2v) is 8.29. The van der Waals surface area contributed by atoms with Crippen molar-refractivity contribution < 1.29 is 19.7 Å². The van der Waals surface area contributed by atoms with E-state index in [0.29, 0.717) is 23.0 Å². The summed E-state index contributed by atoms with van der Waals surface area (Å²) in [6.45, 7) is 3.06. The van der Waals surface area contributed by atoms with Gasteiger partial charge in [-0.2, -0.15) is 0 Å². The molecule has 11 heteroatoms. The molecule has 0 aliphatic carbocycles. The maximum absolute atomic E-state index is 10.5. The zero-order chi connectivity index (χ0) is 20.4. The molecule has 2 fully saturated rings. The highest BCUT2D eigenvalue weighted by Gasteiger charge is 2.49. The number of hydrogen-bond acceptors (Lipinski definition) is 8. The van der Waals surface area contributed by atoms with Crippen LogP contribution in [0.5, 0.6) is 5.75 Å². The Kier molecular flexibility index (Phi) is 6.26. The Labute approximate surface area is 177 Å². The molecule has 0 amide bonds. The van der Waals surface area contributed by atoms with Gasteiger partial charge in [-0.05, 0) is 25.1 Å². The van der Waals surface area contributed by atoms with Crippen molar-refractivity contribution in [3.63, 3.8) is 0 Å². The number of ether oxygens (including phenoxy) is 2. The lowest BCUT2D eigenvalue weighted by Gasteiger charge is -2.38. The van der Waals surface area contributed by atoms with Crippen molar-refractivity contribution in [2.45, 2.75) is 49.9 Å². The molecule has 0 saturated carbocycles. The molecule has 0 spiro atoms. The van der Waals surface area contributed by atoms with Crippen LogP contribution in [0.25, 0.3) is 0 Å². The molecular formula is C18H22ClN5O4S. The number of benzene rings is 1. The number of nitrogens with one attached hydrogen (secondary N) is 1. The highest BCUT2D eigenvalue weighted by molar-refractivity contribution is 8.14. The van der Waals surface area contributed by atoms with Crippen LogP contribution < -0.4 is 10.1 Å². The van der Waals surface area contributed by atoms with Crippen molar-refractivity contribution in [2.24, 2.45) is 4.99 Å². The predicted octanol–water partition coefficient (Wildman–Crippen LogP) is 1.04. The fraction of sp³-hybridized carbons (Fsp3) is 0.500. The van der Waals surface area contributed by atoms with Crippen LogP contribution in [-0.2, 0) is 17.9 Å². The van der Waals surface area contributed by atoms with E-state index in [1.165, 1.54) is 11.8 Å². The van der Waals surface area contributed by atoms with E-state index in [1.54, 1.807) is 29.1 Å². The number of fused-ring (bicyclic) bond motifs is 1. The molecule has 2 aromatic rings. The Bertz CT molecular complexity index is 881. The third-order valence-corrected chi connectivity index (χ3v) is 6.00. The molecule has 9 nitrogen and oxygen atoms in total. The Morgan fingerprint density at radius 3 is 3.03 bits per heavy atom. The van der Waals surface area contributed by atoms with Crippen LogP contribution in [0, 0.1) is 0 Å². The Morgan fingerprint density at radius 2 is 2.24 bits per heavy atom. The maximum atomic E-state index is 10.5. The maximum Gasteiger partial charge on any atom is 0.159 e. The van der Waals surface area contributed by atoms with Gasteiger partial charge in [-0.25, -0.2) is 4.68 Å². The van der Waals surface area contributed by atoms with E-state index in [9.17, 15) is 10.2 Å². The van der Waals surface area contributed by atoms with Crippen LogP contribution in [0.3, 0.4) is 0 Å². The summed E-state index contributed by atoms with van der Waals surface area (Å²) in [6, 6.07) is 6.72. The smallest absolute Gasteiger partial charge is 0.159 e. The van der Waals surface area contributed by atoms with Gasteiger partial charge in [0, 0.05) is 11.6 Å². The number of amidine groups is 1. The molecule has 0 bridgehead atoms. The molecular weight excluding hydrogens is 418 g/mol. The van der Waals surface area contributed by atoms with Crippen LogP contribution in [0.2, 0.25) is 5.02 Å². The number of rotatable bonds is 6. The Morgan fingerprint density at radius 1 is 1.38 bits per heavy atom. The summed E-state index contributed by atoms with van der Waals surface area (Å²) in [4.78, 5) is 4.32. The summed E-state index contributed by atoms with van der Waals surface area (Å²) < 4.78 is 13.2. The number of thioether (sulfide) groups is 1. The van der Waals surface area contributed by atoms with E-state index in [-0.39, 0.29) is 18.6 Å². The van der Waals surface area contributed by atoms with Gasteiger partial charge in [-0.15, -0.1) is 5.10 Å². The minimum absolute atomic E-state index is 0.234. The largest absolute Gasteiger partial charge is 0.487 e. The minimum atomic E-state index is -1.05. The lowest BCUT2D eigenvalue weighted by atomic mass is 9.98. The summed E-state index contributed by atoms with van der Waals surface area (Å²) in [7, 11) is 0. The van der Waals surface area contributed by atoms with Crippen molar-refractivity contribution in [3.8, 4) is 5.75 Å². The zero-order valence-corrected chi connectivity index (χ0v) is 17.3. The Balaban J connectivity index is 1.36. The molecule has 156 valence electrons. The molecule has 3 heterocycles. The van der Waals surface area contributed by atoms with E-state index in [4.69, 9.17) is 21.1 Å². The molecule has 2 aliphatic heterocycles. The van der Waals surface area contributed by atoms with Crippen molar-refractivity contribution in [2.75, 3.05) is 6.54 Å². The van der Waals surface area contributed by atoms with Gasteiger partial charge >= 0.3 is 0 Å². The van der Waals surface area contributed by atoms with E-state index < -0.39 is 24.4 Å². The fourth-order valence-electron chi connectivity index (χ4n) is 3.24. The van der Waals surface area contributed by atoms with Crippen LogP contribution in [-0.4, -0.2) is 66.7 Å². The zero-order valence-electron chi connectivity index (χ0n) is 15.7. The second kappa shape index (κ2) is 8.88. The van der Waals surface area contributed by atoms with Gasteiger partial charge < -0.3 is 25.0 Å². The van der Waals surface area contributed by atoms with Gasteiger partial charge in [-0.3, -0.25) is 4.99 Å². The average Bonchev–Trinajstić information content (AvgIpc) is 3.31. The molecule has 5 unspecified atom stereocenters. The van der Waals surface area contributed by atoms with Gasteiger partial charge in [-0.1, -0.05) is 34.6 Å². The molecule has 2 saturated heterocycles. The molecule has 5 atom stereocenters. The highest BCUT2D eigenvalue weighted by atomic mass is 35.5.